The topological polar surface area (TPSA) is 105 Å². The number of benzene rings is 1. The number of alkyl halides is 3. The third kappa shape index (κ3) is 4.03. The molecule has 0 radical (unpaired) electrons. The van der Waals surface area contributed by atoms with Crippen molar-refractivity contribution >= 4 is 22.0 Å². The zero-order valence-electron chi connectivity index (χ0n) is 18.4. The number of likely N-dealkylation sites (tertiary alicyclic amines) is 2. The molecule has 1 atom stereocenters. The Labute approximate surface area is 195 Å². The van der Waals surface area contributed by atoms with E-state index in [0.717, 1.165) is 24.8 Å². The Hall–Kier alpha value is -2.70. The van der Waals surface area contributed by atoms with Gasteiger partial charge in [-0.05, 0) is 37.5 Å². The van der Waals surface area contributed by atoms with E-state index < -0.39 is 38.1 Å². The first kappa shape index (κ1) is 23.1. The predicted molar refractivity (Wildman–Crippen MR) is 113 cm³/mol. The molecule has 3 heterocycles. The number of carbonyl (C=O) groups is 2. The van der Waals surface area contributed by atoms with Gasteiger partial charge in [-0.1, -0.05) is 0 Å². The minimum absolute atomic E-state index is 0. The Morgan fingerprint density at radius 1 is 1.24 bits per heavy atom. The second-order valence-corrected chi connectivity index (χ2v) is 11.9. The largest absolute Gasteiger partial charge is 0.490 e. The van der Waals surface area contributed by atoms with E-state index in [-0.39, 0.29) is 31.3 Å². The number of alkyl carbamates (subject to hydrolysis) is 1. The predicted octanol–water partition coefficient (Wildman–Crippen LogP) is 2.50. The average Bonchev–Trinajstić information content (AvgIpc) is 3.28. The fraction of sp³-hybridized carbons (Fsp3) is 0.619. The lowest BCUT2D eigenvalue weighted by Crippen LogP contribution is -2.73. The van der Waals surface area contributed by atoms with Crippen LogP contribution in [0, 0.1) is 5.41 Å². The quantitative estimate of drug-likeness (QED) is 0.677. The number of nitrogens with zero attached hydrogens (tertiary/aromatic N) is 2. The molecule has 34 heavy (non-hydrogen) atoms. The van der Waals surface area contributed by atoms with Gasteiger partial charge >= 0.3 is 18.3 Å². The average molecular weight is 506 g/mol. The van der Waals surface area contributed by atoms with Crippen LogP contribution in [0.3, 0.4) is 0 Å². The maximum absolute atomic E-state index is 13.4. The van der Waals surface area contributed by atoms with Crippen molar-refractivity contribution in [3.05, 3.63) is 23.8 Å². The number of nitrogens with one attached hydrogen (secondary N) is 1. The SMILES string of the molecule is CS(=O)(=O)c1ccc(O[C@H]2CCC3(C2)CN(C(=O)N2CC4(COC(=O)N4)C2)C3)cc1C(F)(F)F.[HH]. The van der Waals surface area contributed by atoms with Gasteiger partial charge in [0, 0.05) is 26.2 Å². The molecule has 4 fully saturated rings. The number of sulfone groups is 1. The summed E-state index contributed by atoms with van der Waals surface area (Å²) in [5.41, 5.74) is -1.85. The van der Waals surface area contributed by atoms with Gasteiger partial charge in [-0.3, -0.25) is 0 Å². The monoisotopic (exact) mass is 505 g/mol. The third-order valence-corrected chi connectivity index (χ3v) is 8.20. The minimum atomic E-state index is -4.83. The summed E-state index contributed by atoms with van der Waals surface area (Å²) in [7, 11) is -4.05. The van der Waals surface area contributed by atoms with Crippen LogP contribution >= 0.6 is 0 Å². The Morgan fingerprint density at radius 2 is 1.91 bits per heavy atom. The van der Waals surface area contributed by atoms with Crippen LogP contribution in [0.5, 0.6) is 5.75 Å². The smallest absolute Gasteiger partial charge is 0.417 e. The molecule has 0 unspecified atom stereocenters. The zero-order valence-corrected chi connectivity index (χ0v) is 19.2. The van der Waals surface area contributed by atoms with Crippen LogP contribution in [0.15, 0.2) is 23.1 Å². The molecule has 5 rings (SSSR count). The maximum atomic E-state index is 13.4. The van der Waals surface area contributed by atoms with Crippen molar-refractivity contribution in [3.8, 4) is 5.75 Å². The number of carbonyl (C=O) groups excluding carboxylic acids is 2. The molecule has 4 aliphatic rings. The van der Waals surface area contributed by atoms with Gasteiger partial charge in [0.15, 0.2) is 9.84 Å². The molecule has 1 saturated carbocycles. The summed E-state index contributed by atoms with van der Waals surface area (Å²) < 4.78 is 74.4. The number of halogens is 3. The van der Waals surface area contributed by atoms with E-state index in [0.29, 0.717) is 39.0 Å². The highest BCUT2D eigenvalue weighted by atomic mass is 32.2. The van der Waals surface area contributed by atoms with Crippen LogP contribution in [-0.4, -0.2) is 81.0 Å². The fourth-order valence-corrected chi connectivity index (χ4v) is 6.33. The molecular weight excluding hydrogens is 479 g/mol. The number of hydrogen-bond donors (Lipinski definition) is 1. The fourth-order valence-electron chi connectivity index (χ4n) is 5.44. The van der Waals surface area contributed by atoms with Crippen LogP contribution in [0.4, 0.5) is 22.8 Å². The highest BCUT2D eigenvalue weighted by Gasteiger charge is 2.56. The highest BCUT2D eigenvalue weighted by molar-refractivity contribution is 7.90. The van der Waals surface area contributed by atoms with Gasteiger partial charge in [0.25, 0.3) is 0 Å². The number of hydrogen-bond acceptors (Lipinski definition) is 6. The third-order valence-electron chi connectivity index (χ3n) is 7.04. The molecule has 1 aliphatic carbocycles. The summed E-state index contributed by atoms with van der Waals surface area (Å²) in [5, 5.41) is 2.74. The van der Waals surface area contributed by atoms with E-state index in [1.165, 1.54) is 6.07 Å². The Bertz CT molecular complexity index is 1150. The molecule has 13 heteroatoms. The number of amides is 3. The van der Waals surface area contributed by atoms with Crippen molar-refractivity contribution in [2.24, 2.45) is 5.41 Å². The van der Waals surface area contributed by atoms with Gasteiger partial charge in [0.1, 0.15) is 17.9 Å². The van der Waals surface area contributed by atoms with Gasteiger partial charge in [-0.15, -0.1) is 0 Å². The van der Waals surface area contributed by atoms with Crippen molar-refractivity contribution in [1.82, 2.24) is 15.1 Å². The number of cyclic esters (lactones) is 1. The number of rotatable bonds is 3. The molecule has 3 saturated heterocycles. The van der Waals surface area contributed by atoms with Gasteiger partial charge < -0.3 is 24.6 Å². The normalized spacial score (nSPS) is 25.1. The van der Waals surface area contributed by atoms with Crippen LogP contribution in [0.1, 0.15) is 26.3 Å². The summed E-state index contributed by atoms with van der Waals surface area (Å²) in [5.74, 6) is -0.0271. The summed E-state index contributed by atoms with van der Waals surface area (Å²) in [6.07, 6.45) is -2.87. The Morgan fingerprint density at radius 3 is 2.50 bits per heavy atom. The van der Waals surface area contributed by atoms with Crippen molar-refractivity contribution in [2.75, 3.05) is 39.0 Å². The van der Waals surface area contributed by atoms with E-state index in [1.54, 1.807) is 9.80 Å². The first-order chi connectivity index (χ1) is 15.8. The summed E-state index contributed by atoms with van der Waals surface area (Å²) in [6.45, 7) is 2.13. The molecule has 2 spiro atoms. The molecule has 0 aromatic heterocycles. The second kappa shape index (κ2) is 7.40. The van der Waals surface area contributed by atoms with Gasteiger partial charge in [-0.25, -0.2) is 18.0 Å². The van der Waals surface area contributed by atoms with E-state index in [9.17, 15) is 31.2 Å². The van der Waals surface area contributed by atoms with Crippen molar-refractivity contribution in [2.45, 2.75) is 42.0 Å². The number of urea groups is 1. The van der Waals surface area contributed by atoms with Crippen LogP contribution in [0.2, 0.25) is 0 Å². The van der Waals surface area contributed by atoms with E-state index >= 15 is 0 Å². The van der Waals surface area contributed by atoms with E-state index in [1.807, 2.05) is 0 Å². The molecule has 1 aromatic rings. The lowest BCUT2D eigenvalue weighted by Gasteiger charge is -2.53. The summed E-state index contributed by atoms with van der Waals surface area (Å²) in [4.78, 5) is 26.6. The Kier molecular flexibility index (Phi) is 5.02. The van der Waals surface area contributed by atoms with E-state index in [2.05, 4.69) is 5.32 Å². The van der Waals surface area contributed by atoms with Crippen molar-refractivity contribution < 1.29 is 42.1 Å². The van der Waals surface area contributed by atoms with Crippen molar-refractivity contribution in [1.29, 1.82) is 0 Å². The van der Waals surface area contributed by atoms with E-state index in [4.69, 9.17) is 9.47 Å². The number of ether oxygens (including phenoxy) is 2. The summed E-state index contributed by atoms with van der Waals surface area (Å²) in [6, 6.07) is 2.81. The minimum Gasteiger partial charge on any atom is -0.490 e. The van der Waals surface area contributed by atoms with Gasteiger partial charge in [-0.2, -0.15) is 13.2 Å². The molecule has 1 N–H and O–H groups in total. The van der Waals surface area contributed by atoms with Crippen LogP contribution < -0.4 is 10.1 Å². The zero-order chi connectivity index (χ0) is 24.5. The van der Waals surface area contributed by atoms with Gasteiger partial charge in [0.05, 0.1) is 29.7 Å². The summed E-state index contributed by atoms with van der Waals surface area (Å²) >= 11 is 0. The van der Waals surface area contributed by atoms with Crippen LogP contribution in [-0.2, 0) is 20.8 Å². The Balaban J connectivity index is 0.00000289. The first-order valence-electron chi connectivity index (χ1n) is 10.8. The standard InChI is InChI=1S/C21H24F3N3O6S.H2/c1-34(30,31)16-3-2-13(6-15(16)21(22,23)24)33-14-4-5-19(7-14)8-26(9-19)18(29)27-10-20(11-27)12-32-17(28)25-20;/h2-3,6,14H,4-5,7-12H2,1H3,(H,25,28);1H/t14-;/m0./s1. The molecular formula is C21H26F3N3O6S. The van der Waals surface area contributed by atoms with Crippen LogP contribution in [0.25, 0.3) is 0 Å². The van der Waals surface area contributed by atoms with Gasteiger partial charge in [0.2, 0.25) is 0 Å². The molecule has 3 amide bonds. The molecule has 9 nitrogen and oxygen atoms in total. The highest BCUT2D eigenvalue weighted by Crippen LogP contribution is 2.47. The second-order valence-electron chi connectivity index (χ2n) is 9.89. The molecule has 1 aromatic carbocycles. The lowest BCUT2D eigenvalue weighted by molar-refractivity contribution is -0.140. The first-order valence-corrected chi connectivity index (χ1v) is 12.7. The van der Waals surface area contributed by atoms with Crippen molar-refractivity contribution in [3.63, 3.8) is 0 Å². The molecule has 188 valence electrons. The molecule has 3 aliphatic heterocycles. The lowest BCUT2D eigenvalue weighted by atomic mass is 9.78. The molecule has 0 bridgehead atoms. The maximum Gasteiger partial charge on any atom is 0.417 e.